The second kappa shape index (κ2) is 5.81. The van der Waals surface area contributed by atoms with Gasteiger partial charge in [0.2, 0.25) is 11.0 Å². The summed E-state index contributed by atoms with van der Waals surface area (Å²) in [5, 5.41) is 21.6. The van der Waals surface area contributed by atoms with Crippen molar-refractivity contribution in [3.63, 3.8) is 0 Å². The van der Waals surface area contributed by atoms with Gasteiger partial charge in [0.05, 0.1) is 11.3 Å². The maximum absolute atomic E-state index is 11.6. The van der Waals surface area contributed by atoms with E-state index in [2.05, 4.69) is 15.5 Å². The monoisotopic (exact) mass is 297 g/mol. The van der Waals surface area contributed by atoms with Gasteiger partial charge in [-0.25, -0.2) is 0 Å². The van der Waals surface area contributed by atoms with E-state index >= 15 is 0 Å². The Bertz CT molecular complexity index is 599. The molecule has 3 N–H and O–H groups in total. The van der Waals surface area contributed by atoms with E-state index in [0.717, 1.165) is 0 Å². The summed E-state index contributed by atoms with van der Waals surface area (Å²) in [6.07, 6.45) is 0. The van der Waals surface area contributed by atoms with Gasteiger partial charge in [-0.15, -0.1) is 21.5 Å². The SMILES string of the molecule is N#Cc1ccsc1NC(=O)CSc1nnc(N)s1. The number of carbonyl (C=O) groups is 1. The molecule has 2 aromatic rings. The largest absolute Gasteiger partial charge is 0.374 e. The van der Waals surface area contributed by atoms with Crippen LogP contribution >= 0.6 is 34.4 Å². The van der Waals surface area contributed by atoms with Crippen LogP contribution in [0.1, 0.15) is 5.56 Å². The Kier molecular flexibility index (Phi) is 4.14. The van der Waals surface area contributed by atoms with Crippen LogP contribution in [0, 0.1) is 11.3 Å². The predicted octanol–water partition coefficient (Wildman–Crippen LogP) is 1.78. The van der Waals surface area contributed by atoms with Crippen LogP contribution in [0.3, 0.4) is 0 Å². The van der Waals surface area contributed by atoms with Crippen molar-refractivity contribution in [3.8, 4) is 6.07 Å². The highest BCUT2D eigenvalue weighted by Crippen LogP contribution is 2.25. The third-order valence-corrected chi connectivity index (χ3v) is 4.50. The Morgan fingerprint density at radius 2 is 2.44 bits per heavy atom. The lowest BCUT2D eigenvalue weighted by atomic mass is 10.3. The van der Waals surface area contributed by atoms with Gasteiger partial charge in [-0.1, -0.05) is 23.1 Å². The van der Waals surface area contributed by atoms with Gasteiger partial charge in [-0.2, -0.15) is 5.26 Å². The number of nitrogens with one attached hydrogen (secondary N) is 1. The lowest BCUT2D eigenvalue weighted by Crippen LogP contribution is -2.13. The third kappa shape index (κ3) is 3.19. The molecule has 2 aromatic heterocycles. The van der Waals surface area contributed by atoms with Crippen LogP contribution in [0.15, 0.2) is 15.8 Å². The van der Waals surface area contributed by atoms with Crippen molar-refractivity contribution < 1.29 is 4.79 Å². The first-order chi connectivity index (χ1) is 8.69. The summed E-state index contributed by atoms with van der Waals surface area (Å²) < 4.78 is 0.648. The lowest BCUT2D eigenvalue weighted by Gasteiger charge is -2.01. The molecule has 0 radical (unpaired) electrons. The number of anilines is 2. The summed E-state index contributed by atoms with van der Waals surface area (Å²) in [5.41, 5.74) is 5.90. The van der Waals surface area contributed by atoms with Crippen LogP contribution in [-0.2, 0) is 4.79 Å². The van der Waals surface area contributed by atoms with E-state index < -0.39 is 0 Å². The molecule has 18 heavy (non-hydrogen) atoms. The van der Waals surface area contributed by atoms with Crippen LogP contribution in [-0.4, -0.2) is 21.9 Å². The summed E-state index contributed by atoms with van der Waals surface area (Å²) in [6.45, 7) is 0. The van der Waals surface area contributed by atoms with Gasteiger partial charge in [-0.3, -0.25) is 4.79 Å². The van der Waals surface area contributed by atoms with Gasteiger partial charge in [-0.05, 0) is 11.4 Å². The molecule has 0 saturated carbocycles. The zero-order valence-corrected chi connectivity index (χ0v) is 11.4. The first-order valence-corrected chi connectivity index (χ1v) is 7.36. The summed E-state index contributed by atoms with van der Waals surface area (Å²) in [5.74, 6) is 0.0185. The Morgan fingerprint density at radius 3 is 3.11 bits per heavy atom. The van der Waals surface area contributed by atoms with E-state index in [1.165, 1.54) is 34.4 Å². The summed E-state index contributed by atoms with van der Waals surface area (Å²) in [7, 11) is 0. The van der Waals surface area contributed by atoms with E-state index in [4.69, 9.17) is 11.0 Å². The highest BCUT2D eigenvalue weighted by Gasteiger charge is 2.10. The number of hydrogen-bond donors (Lipinski definition) is 2. The van der Waals surface area contributed by atoms with Crippen molar-refractivity contribution in [2.24, 2.45) is 0 Å². The van der Waals surface area contributed by atoms with Gasteiger partial charge in [0.25, 0.3) is 0 Å². The first-order valence-electron chi connectivity index (χ1n) is 4.68. The zero-order valence-electron chi connectivity index (χ0n) is 8.91. The van der Waals surface area contributed by atoms with Gasteiger partial charge >= 0.3 is 0 Å². The second-order valence-corrected chi connectivity index (χ2v) is 6.17. The molecule has 0 aliphatic carbocycles. The van der Waals surface area contributed by atoms with E-state index in [0.29, 0.717) is 20.0 Å². The van der Waals surface area contributed by atoms with Crippen molar-refractivity contribution >= 4 is 50.5 Å². The number of thiophene rings is 1. The lowest BCUT2D eigenvalue weighted by molar-refractivity contribution is -0.113. The molecule has 0 aliphatic rings. The number of nitrogens with two attached hydrogens (primary N) is 1. The van der Waals surface area contributed by atoms with E-state index in [-0.39, 0.29) is 11.7 Å². The second-order valence-electron chi connectivity index (χ2n) is 3.02. The van der Waals surface area contributed by atoms with E-state index in [1.54, 1.807) is 11.4 Å². The molecule has 0 saturated heterocycles. The maximum atomic E-state index is 11.6. The number of aromatic nitrogens is 2. The number of amides is 1. The number of nitriles is 1. The number of rotatable bonds is 4. The highest BCUT2D eigenvalue weighted by molar-refractivity contribution is 8.01. The van der Waals surface area contributed by atoms with Gasteiger partial charge < -0.3 is 11.1 Å². The van der Waals surface area contributed by atoms with Gasteiger partial charge in [0.15, 0.2) is 4.34 Å². The van der Waals surface area contributed by atoms with Crippen LogP contribution in [0.2, 0.25) is 0 Å². The number of nitrogens with zero attached hydrogens (tertiary/aromatic N) is 3. The molecule has 2 rings (SSSR count). The number of carbonyl (C=O) groups excluding carboxylic acids is 1. The van der Waals surface area contributed by atoms with Crippen molar-refractivity contribution in [2.45, 2.75) is 4.34 Å². The minimum atomic E-state index is -0.187. The fourth-order valence-corrected chi connectivity index (χ4v) is 3.25. The van der Waals surface area contributed by atoms with Gasteiger partial charge in [0.1, 0.15) is 11.1 Å². The van der Waals surface area contributed by atoms with Crippen molar-refractivity contribution in [2.75, 3.05) is 16.8 Å². The average molecular weight is 297 g/mol. The molecular weight excluding hydrogens is 290 g/mol. The summed E-state index contributed by atoms with van der Waals surface area (Å²) in [6, 6.07) is 3.68. The maximum Gasteiger partial charge on any atom is 0.235 e. The molecule has 0 bridgehead atoms. The molecule has 0 aliphatic heterocycles. The van der Waals surface area contributed by atoms with Gasteiger partial charge in [0, 0.05) is 0 Å². The average Bonchev–Trinajstić information content (AvgIpc) is 2.95. The molecule has 0 unspecified atom stereocenters. The summed E-state index contributed by atoms with van der Waals surface area (Å²) in [4.78, 5) is 11.6. The molecule has 0 spiro atoms. The topological polar surface area (TPSA) is 105 Å². The van der Waals surface area contributed by atoms with Crippen LogP contribution in [0.5, 0.6) is 0 Å². The Hall–Kier alpha value is -1.63. The zero-order chi connectivity index (χ0) is 13.0. The quantitative estimate of drug-likeness (QED) is 0.833. The fraction of sp³-hybridized carbons (Fsp3) is 0.111. The standard InChI is InChI=1S/C9H7N5OS3/c10-3-5-1-2-16-7(5)12-6(15)4-17-9-14-13-8(11)18-9/h1-2H,4H2,(H2,11,13)(H,12,15). The predicted molar refractivity (Wildman–Crippen MR) is 72.7 cm³/mol. The van der Waals surface area contributed by atoms with E-state index in [1.807, 2.05) is 6.07 Å². The minimum Gasteiger partial charge on any atom is -0.374 e. The molecule has 1 amide bonds. The molecule has 6 nitrogen and oxygen atoms in total. The van der Waals surface area contributed by atoms with Crippen LogP contribution in [0.25, 0.3) is 0 Å². The normalized spacial score (nSPS) is 9.94. The fourth-order valence-electron chi connectivity index (χ4n) is 1.06. The Balaban J connectivity index is 1.88. The molecule has 0 atom stereocenters. The molecular formula is C9H7N5OS3. The molecule has 0 fully saturated rings. The van der Waals surface area contributed by atoms with Crippen LogP contribution < -0.4 is 11.1 Å². The Morgan fingerprint density at radius 1 is 1.61 bits per heavy atom. The molecule has 2 heterocycles. The summed E-state index contributed by atoms with van der Waals surface area (Å²) >= 11 is 3.81. The number of thioether (sulfide) groups is 1. The van der Waals surface area contributed by atoms with E-state index in [9.17, 15) is 4.79 Å². The van der Waals surface area contributed by atoms with Crippen molar-refractivity contribution in [1.29, 1.82) is 5.26 Å². The minimum absolute atomic E-state index is 0.187. The Labute approximate surface area is 115 Å². The third-order valence-electron chi connectivity index (χ3n) is 1.79. The van der Waals surface area contributed by atoms with Crippen molar-refractivity contribution in [1.82, 2.24) is 10.2 Å². The number of nitrogen functional groups attached to an aromatic ring is 1. The first kappa shape index (κ1) is 12.8. The van der Waals surface area contributed by atoms with Crippen molar-refractivity contribution in [3.05, 3.63) is 17.0 Å². The van der Waals surface area contributed by atoms with Crippen LogP contribution in [0.4, 0.5) is 10.1 Å². The highest BCUT2D eigenvalue weighted by atomic mass is 32.2. The number of hydrogen-bond acceptors (Lipinski definition) is 8. The molecule has 9 heteroatoms. The smallest absolute Gasteiger partial charge is 0.235 e. The molecule has 0 aromatic carbocycles. The molecule has 92 valence electrons.